The van der Waals surface area contributed by atoms with Crippen molar-refractivity contribution in [2.75, 3.05) is 12.4 Å². The normalized spacial score (nSPS) is 12.4. The maximum atomic E-state index is 10.8. The fourth-order valence-corrected chi connectivity index (χ4v) is 1.71. The van der Waals surface area contributed by atoms with Gasteiger partial charge in [-0.15, -0.1) is 0 Å². The van der Waals surface area contributed by atoms with Crippen molar-refractivity contribution < 1.29 is 32.4 Å². The number of esters is 1. The number of rotatable bonds is 8. The molecule has 0 spiro atoms. The Balaban J connectivity index is 0. The van der Waals surface area contributed by atoms with Crippen molar-refractivity contribution in [2.45, 2.75) is 31.8 Å². The van der Waals surface area contributed by atoms with E-state index in [-0.39, 0.29) is 12.4 Å². The molecule has 0 radical (unpaired) electrons. The molecule has 0 aromatic carbocycles. The molecular formula is C12H21LiO7S. The molecule has 0 aromatic heterocycles. The number of ether oxygens (including phenoxy) is 1. The van der Waals surface area contributed by atoms with Crippen LogP contribution in [0.5, 0.6) is 0 Å². The Labute approximate surface area is 134 Å². The number of aliphatic carboxylic acids is 1. The van der Waals surface area contributed by atoms with Gasteiger partial charge in [-0.2, -0.15) is 0 Å². The molecule has 0 aromatic rings. The molecule has 9 heteroatoms. The molecule has 0 aliphatic carbocycles. The van der Waals surface area contributed by atoms with Gasteiger partial charge in [0, 0.05) is 6.08 Å². The van der Waals surface area contributed by atoms with Gasteiger partial charge in [0.05, 0.1) is 5.92 Å². The van der Waals surface area contributed by atoms with Crippen LogP contribution < -0.4 is 0 Å². The molecule has 0 saturated heterocycles. The molecule has 21 heavy (non-hydrogen) atoms. The summed E-state index contributed by atoms with van der Waals surface area (Å²) >= 11 is 1.87. The third kappa shape index (κ3) is 17.1. The van der Waals surface area contributed by atoms with Crippen LogP contribution in [0.15, 0.2) is 12.2 Å². The summed E-state index contributed by atoms with van der Waals surface area (Å²) in [6.07, 6.45) is 3.80. The molecule has 118 valence electrons. The van der Waals surface area contributed by atoms with Crippen LogP contribution in [0.4, 0.5) is 0 Å². The van der Waals surface area contributed by atoms with Crippen LogP contribution in [0.3, 0.4) is 0 Å². The molecule has 7 nitrogen and oxygen atoms in total. The average Bonchev–Trinajstić information content (AvgIpc) is 2.37. The van der Waals surface area contributed by atoms with Gasteiger partial charge in [0.15, 0.2) is 0 Å². The molecule has 0 aliphatic rings. The third-order valence-electron chi connectivity index (χ3n) is 2.33. The molecule has 0 rings (SSSR count). The second kappa shape index (κ2) is 12.9. The minimum atomic E-state index is -3.69. The van der Waals surface area contributed by atoms with Gasteiger partial charge < -0.3 is 9.84 Å². The first-order chi connectivity index (χ1) is 9.67. The van der Waals surface area contributed by atoms with Gasteiger partial charge in [-0.1, -0.05) is 13.0 Å². The summed E-state index contributed by atoms with van der Waals surface area (Å²) in [6, 6.07) is 0. The number of hydrogen-bond donors (Lipinski definition) is 2. The van der Waals surface area contributed by atoms with Crippen LogP contribution in [-0.2, 0) is 24.4 Å². The SMILES string of the molecule is CC=CC(=O)OCC(CC)C(=O)O.[Li][CH2]CCS(=O)(=O)O. The standard InChI is InChI=1S/C9H14O4.C3H7O3S.Li/c1-3-5-8(10)13-6-7(4-2)9(11)12;1-2-3-7(4,5)6;/h3,5,7H,4,6H2,1-2H3,(H,11,12);1-3H2,(H,4,5,6);. The summed E-state index contributed by atoms with van der Waals surface area (Å²) < 4.78 is 32.7. The van der Waals surface area contributed by atoms with Crippen molar-refractivity contribution in [3.8, 4) is 0 Å². The summed E-state index contributed by atoms with van der Waals surface area (Å²) in [5, 5.41) is 9.40. The predicted octanol–water partition coefficient (Wildman–Crippen LogP) is 1.07. The van der Waals surface area contributed by atoms with Gasteiger partial charge in [-0.25, -0.2) is 4.79 Å². The van der Waals surface area contributed by atoms with E-state index in [1.54, 1.807) is 19.9 Å². The predicted molar refractivity (Wildman–Crippen MR) is 78.8 cm³/mol. The molecule has 0 aliphatic heterocycles. The Bertz CT molecular complexity index is 431. The van der Waals surface area contributed by atoms with Gasteiger partial charge in [-0.3, -0.25) is 4.79 Å². The molecule has 1 unspecified atom stereocenters. The number of carboxylic acids is 1. The van der Waals surface area contributed by atoms with Crippen molar-refractivity contribution in [1.82, 2.24) is 0 Å². The van der Waals surface area contributed by atoms with E-state index in [1.165, 1.54) is 6.08 Å². The summed E-state index contributed by atoms with van der Waals surface area (Å²) in [7, 11) is -3.69. The number of carboxylic acid groups (broad SMARTS) is 1. The van der Waals surface area contributed by atoms with E-state index in [4.69, 9.17) is 14.4 Å². The van der Waals surface area contributed by atoms with E-state index < -0.39 is 28.0 Å². The van der Waals surface area contributed by atoms with Gasteiger partial charge >= 0.3 is 70.0 Å². The summed E-state index contributed by atoms with van der Waals surface area (Å²) in [6.45, 7) is 3.37. The molecular weight excluding hydrogens is 295 g/mol. The van der Waals surface area contributed by atoms with Crippen molar-refractivity contribution in [3.05, 3.63) is 12.2 Å². The number of carbonyl (C=O) groups is 2. The Kier molecular flexibility index (Phi) is 13.8. The van der Waals surface area contributed by atoms with Gasteiger partial charge in [0.1, 0.15) is 6.61 Å². The fourth-order valence-electron chi connectivity index (χ4n) is 1.06. The van der Waals surface area contributed by atoms with E-state index >= 15 is 0 Å². The molecule has 0 fully saturated rings. The first-order valence-corrected chi connectivity index (χ1v) is 8.26. The van der Waals surface area contributed by atoms with E-state index in [9.17, 15) is 18.0 Å². The molecule has 0 amide bonds. The van der Waals surface area contributed by atoms with Crippen molar-refractivity contribution in [3.63, 3.8) is 0 Å². The Morgan fingerprint density at radius 3 is 2.24 bits per heavy atom. The number of allylic oxidation sites excluding steroid dienone is 1. The van der Waals surface area contributed by atoms with Crippen molar-refractivity contribution in [2.24, 2.45) is 5.92 Å². The van der Waals surface area contributed by atoms with E-state index in [2.05, 4.69) is 0 Å². The summed E-state index contributed by atoms with van der Waals surface area (Å²) in [4.78, 5) is 21.3. The minimum absolute atomic E-state index is 0.0605. The van der Waals surface area contributed by atoms with Crippen molar-refractivity contribution >= 4 is 39.8 Å². The zero-order chi connectivity index (χ0) is 16.9. The fraction of sp³-hybridized carbons (Fsp3) is 0.667. The second-order valence-corrected chi connectivity index (χ2v) is 5.79. The Hall–Kier alpha value is -0.813. The molecule has 0 saturated carbocycles. The first-order valence-electron chi connectivity index (χ1n) is 6.65. The quantitative estimate of drug-likeness (QED) is 0.297. The zero-order valence-corrected chi connectivity index (χ0v) is 13.4. The third-order valence-corrected chi connectivity index (χ3v) is 3.13. The monoisotopic (exact) mass is 316 g/mol. The first kappa shape index (κ1) is 22.5. The van der Waals surface area contributed by atoms with Gasteiger partial charge in [0.2, 0.25) is 0 Å². The van der Waals surface area contributed by atoms with Crippen LogP contribution in [0.1, 0.15) is 26.7 Å². The Morgan fingerprint density at radius 2 is 1.95 bits per heavy atom. The summed E-state index contributed by atoms with van der Waals surface area (Å²) in [5.41, 5.74) is 0. The topological polar surface area (TPSA) is 118 Å². The van der Waals surface area contributed by atoms with Crippen LogP contribution in [0.25, 0.3) is 0 Å². The molecule has 0 bridgehead atoms. The summed E-state index contributed by atoms with van der Waals surface area (Å²) in [5.74, 6) is -2.14. The molecule has 2 N–H and O–H groups in total. The van der Waals surface area contributed by atoms with Crippen LogP contribution in [0.2, 0.25) is 5.09 Å². The molecule has 1 atom stereocenters. The second-order valence-electron chi connectivity index (χ2n) is 4.21. The Morgan fingerprint density at radius 1 is 1.38 bits per heavy atom. The van der Waals surface area contributed by atoms with Crippen molar-refractivity contribution in [1.29, 1.82) is 0 Å². The van der Waals surface area contributed by atoms with Crippen LogP contribution in [0, 0.1) is 5.92 Å². The van der Waals surface area contributed by atoms with Gasteiger partial charge in [-0.05, 0) is 13.3 Å². The number of carbonyl (C=O) groups excluding carboxylic acids is 1. The maximum absolute atomic E-state index is 10.8. The zero-order valence-electron chi connectivity index (χ0n) is 12.6. The molecule has 0 heterocycles. The van der Waals surface area contributed by atoms with Crippen LogP contribution >= 0.6 is 0 Å². The van der Waals surface area contributed by atoms with E-state index in [0.29, 0.717) is 12.8 Å². The van der Waals surface area contributed by atoms with Crippen LogP contribution in [-0.4, -0.2) is 60.1 Å². The average molecular weight is 316 g/mol. The van der Waals surface area contributed by atoms with E-state index in [0.717, 1.165) is 5.09 Å². The van der Waals surface area contributed by atoms with Gasteiger partial charge in [0.25, 0.3) is 0 Å². The number of hydrogen-bond acceptors (Lipinski definition) is 5. The van der Waals surface area contributed by atoms with E-state index in [1.807, 2.05) is 17.7 Å².